The number of pyridine rings is 1. The third kappa shape index (κ3) is 4.08. The fraction of sp³-hybridized carbons (Fsp3) is 0.333. The van der Waals surface area contributed by atoms with Crippen molar-refractivity contribution < 1.29 is 14.3 Å². The van der Waals surface area contributed by atoms with E-state index in [9.17, 15) is 9.59 Å². The number of nitrogens with zero attached hydrogens (tertiary/aromatic N) is 1. The molecule has 1 saturated carbocycles. The summed E-state index contributed by atoms with van der Waals surface area (Å²) in [5, 5.41) is 4.01. The number of benzene rings is 2. The van der Waals surface area contributed by atoms with Crippen LogP contribution in [0.25, 0.3) is 10.9 Å². The van der Waals surface area contributed by atoms with E-state index < -0.39 is 0 Å². The number of hydrogen-bond donors (Lipinski definition) is 2. The minimum atomic E-state index is -0.172. The van der Waals surface area contributed by atoms with Gasteiger partial charge in [0.1, 0.15) is 0 Å². The number of carbonyl (C=O) groups excluding carboxylic acids is 1. The van der Waals surface area contributed by atoms with Crippen molar-refractivity contribution in [1.82, 2.24) is 15.2 Å². The Morgan fingerprint density at radius 2 is 1.90 bits per heavy atom. The SMILES string of the molecule is Cc1cc(C)c2[nH]c(=O)c(CN(Cc3ccc4c(c3)OCO4)C(=O)NC3CC3)cc2c1. The second-order valence-electron chi connectivity index (χ2n) is 8.44. The second kappa shape index (κ2) is 7.65. The molecule has 1 fully saturated rings. The van der Waals surface area contributed by atoms with Gasteiger partial charge in [0, 0.05) is 18.2 Å². The number of carbonyl (C=O) groups is 1. The predicted octanol–water partition coefficient (Wildman–Crippen LogP) is 3.75. The lowest BCUT2D eigenvalue weighted by molar-refractivity contribution is 0.173. The molecule has 0 bridgehead atoms. The molecule has 2 heterocycles. The molecular formula is C24H25N3O4. The summed E-state index contributed by atoms with van der Waals surface area (Å²) in [7, 11) is 0. The number of hydrogen-bond acceptors (Lipinski definition) is 4. The van der Waals surface area contributed by atoms with E-state index >= 15 is 0 Å². The highest BCUT2D eigenvalue weighted by Crippen LogP contribution is 2.33. The number of aromatic nitrogens is 1. The van der Waals surface area contributed by atoms with Crippen molar-refractivity contribution in [1.29, 1.82) is 0 Å². The van der Waals surface area contributed by atoms with Gasteiger partial charge in [0.2, 0.25) is 6.79 Å². The van der Waals surface area contributed by atoms with Crippen LogP contribution in [0.15, 0.2) is 41.2 Å². The van der Waals surface area contributed by atoms with Crippen LogP contribution in [0.4, 0.5) is 4.79 Å². The number of urea groups is 1. The van der Waals surface area contributed by atoms with Crippen LogP contribution in [0.5, 0.6) is 11.5 Å². The summed E-state index contributed by atoms with van der Waals surface area (Å²) in [4.78, 5) is 30.5. The van der Waals surface area contributed by atoms with Crippen LogP contribution in [0.1, 0.15) is 35.1 Å². The quantitative estimate of drug-likeness (QED) is 0.660. The first kappa shape index (κ1) is 19.5. The first-order chi connectivity index (χ1) is 15.0. The van der Waals surface area contributed by atoms with Gasteiger partial charge in [0.25, 0.3) is 5.56 Å². The van der Waals surface area contributed by atoms with Crippen LogP contribution in [0.3, 0.4) is 0 Å². The number of nitrogens with one attached hydrogen (secondary N) is 2. The molecule has 2 amide bonds. The van der Waals surface area contributed by atoms with Gasteiger partial charge in [-0.1, -0.05) is 17.7 Å². The zero-order chi connectivity index (χ0) is 21.5. The number of aryl methyl sites for hydroxylation is 2. The maximum absolute atomic E-state index is 13.0. The lowest BCUT2D eigenvalue weighted by Gasteiger charge is -2.23. The largest absolute Gasteiger partial charge is 0.454 e. The van der Waals surface area contributed by atoms with Crippen molar-refractivity contribution in [2.75, 3.05) is 6.79 Å². The third-order valence-electron chi connectivity index (χ3n) is 5.73. The van der Waals surface area contributed by atoms with E-state index in [4.69, 9.17) is 9.47 Å². The molecule has 2 aliphatic rings. The molecule has 0 saturated heterocycles. The standard InChI is InChI=1S/C24H25N3O4/c1-14-7-15(2)22-17(8-14)10-18(23(28)26-22)12-27(24(29)25-19-4-5-19)11-16-3-6-20-21(9-16)31-13-30-20/h3,6-10,19H,4-5,11-13H2,1-2H3,(H,25,29)(H,26,28). The van der Waals surface area contributed by atoms with Crippen molar-refractivity contribution in [3.63, 3.8) is 0 Å². The highest BCUT2D eigenvalue weighted by atomic mass is 16.7. The molecule has 2 N–H and O–H groups in total. The lowest BCUT2D eigenvalue weighted by atomic mass is 10.0. The Hall–Kier alpha value is -3.48. The summed E-state index contributed by atoms with van der Waals surface area (Å²) >= 11 is 0. The number of rotatable bonds is 5. The van der Waals surface area contributed by atoms with Crippen LogP contribution in [0, 0.1) is 13.8 Å². The number of ether oxygens (including phenoxy) is 2. The van der Waals surface area contributed by atoms with Crippen LogP contribution >= 0.6 is 0 Å². The molecule has 1 aromatic heterocycles. The van der Waals surface area contributed by atoms with Gasteiger partial charge in [-0.05, 0) is 67.5 Å². The molecule has 3 aromatic rings. The number of amides is 2. The van der Waals surface area contributed by atoms with Gasteiger partial charge in [-0.2, -0.15) is 0 Å². The first-order valence-electron chi connectivity index (χ1n) is 10.5. The predicted molar refractivity (Wildman–Crippen MR) is 117 cm³/mol. The molecule has 31 heavy (non-hydrogen) atoms. The smallest absolute Gasteiger partial charge is 0.318 e. The molecule has 7 heteroatoms. The highest BCUT2D eigenvalue weighted by molar-refractivity contribution is 5.83. The Morgan fingerprint density at radius 3 is 2.71 bits per heavy atom. The van der Waals surface area contributed by atoms with Gasteiger partial charge < -0.3 is 24.7 Å². The summed E-state index contributed by atoms with van der Waals surface area (Å²) in [6, 6.07) is 11.7. The zero-order valence-corrected chi connectivity index (χ0v) is 17.7. The summed E-state index contributed by atoms with van der Waals surface area (Å²) in [6.07, 6.45) is 2.00. The molecule has 0 spiro atoms. The van der Waals surface area contributed by atoms with E-state index in [0.29, 0.717) is 23.6 Å². The highest BCUT2D eigenvalue weighted by Gasteiger charge is 2.27. The van der Waals surface area contributed by atoms with Crippen molar-refractivity contribution in [2.45, 2.75) is 45.8 Å². The molecule has 0 radical (unpaired) electrons. The lowest BCUT2D eigenvalue weighted by Crippen LogP contribution is -2.41. The maximum Gasteiger partial charge on any atom is 0.318 e. The maximum atomic E-state index is 13.0. The van der Waals surface area contributed by atoms with E-state index in [1.807, 2.05) is 50.2 Å². The van der Waals surface area contributed by atoms with Crippen molar-refractivity contribution in [3.05, 3.63) is 69.0 Å². The van der Waals surface area contributed by atoms with Crippen LogP contribution in [-0.4, -0.2) is 28.7 Å². The normalized spacial score (nSPS) is 14.6. The first-order valence-corrected chi connectivity index (χ1v) is 10.5. The van der Waals surface area contributed by atoms with Gasteiger partial charge >= 0.3 is 6.03 Å². The Balaban J connectivity index is 1.46. The topological polar surface area (TPSA) is 83.7 Å². The zero-order valence-electron chi connectivity index (χ0n) is 17.7. The van der Waals surface area contributed by atoms with Gasteiger partial charge in [-0.15, -0.1) is 0 Å². The minimum Gasteiger partial charge on any atom is -0.454 e. The molecule has 160 valence electrons. The van der Waals surface area contributed by atoms with Crippen LogP contribution in [0.2, 0.25) is 0 Å². The fourth-order valence-corrected chi connectivity index (χ4v) is 4.01. The second-order valence-corrected chi connectivity index (χ2v) is 8.44. The van der Waals surface area contributed by atoms with Gasteiger partial charge in [-0.3, -0.25) is 4.79 Å². The molecule has 0 atom stereocenters. The van der Waals surface area contributed by atoms with Crippen LogP contribution < -0.4 is 20.3 Å². The summed E-state index contributed by atoms with van der Waals surface area (Å²) < 4.78 is 10.8. The average Bonchev–Trinajstić information content (AvgIpc) is 3.42. The number of aromatic amines is 1. The fourth-order valence-electron chi connectivity index (χ4n) is 4.01. The van der Waals surface area contributed by atoms with E-state index in [0.717, 1.165) is 40.4 Å². The van der Waals surface area contributed by atoms with Gasteiger partial charge in [0.15, 0.2) is 11.5 Å². The van der Waals surface area contributed by atoms with E-state index in [1.165, 1.54) is 0 Å². The summed E-state index contributed by atoms with van der Waals surface area (Å²) in [5.41, 5.74) is 4.30. The van der Waals surface area contributed by atoms with Crippen molar-refractivity contribution in [3.8, 4) is 11.5 Å². The Kier molecular flexibility index (Phi) is 4.81. The summed E-state index contributed by atoms with van der Waals surface area (Å²) in [6.45, 7) is 4.80. The van der Waals surface area contributed by atoms with E-state index in [1.54, 1.807) is 4.90 Å². The molecular weight excluding hydrogens is 394 g/mol. The van der Waals surface area contributed by atoms with Crippen LogP contribution in [-0.2, 0) is 13.1 Å². The molecule has 1 aliphatic carbocycles. The molecule has 2 aromatic carbocycles. The minimum absolute atomic E-state index is 0.167. The molecule has 0 unspecified atom stereocenters. The Morgan fingerprint density at radius 1 is 1.10 bits per heavy atom. The number of H-pyrrole nitrogens is 1. The molecule has 1 aliphatic heterocycles. The molecule has 7 nitrogen and oxygen atoms in total. The summed E-state index contributed by atoms with van der Waals surface area (Å²) in [5.74, 6) is 1.38. The van der Waals surface area contributed by atoms with Gasteiger partial charge in [-0.25, -0.2) is 4.79 Å². The van der Waals surface area contributed by atoms with Gasteiger partial charge in [0.05, 0.1) is 12.1 Å². The average molecular weight is 419 g/mol. The Bertz CT molecular complexity index is 1230. The Labute approximate surface area is 180 Å². The van der Waals surface area contributed by atoms with Crippen molar-refractivity contribution in [2.24, 2.45) is 0 Å². The van der Waals surface area contributed by atoms with E-state index in [-0.39, 0.29) is 31.0 Å². The molecule has 5 rings (SSSR count). The number of fused-ring (bicyclic) bond motifs is 2. The van der Waals surface area contributed by atoms with Crippen molar-refractivity contribution >= 4 is 16.9 Å². The third-order valence-corrected chi connectivity index (χ3v) is 5.73. The monoisotopic (exact) mass is 419 g/mol. The van der Waals surface area contributed by atoms with E-state index in [2.05, 4.69) is 10.3 Å².